The summed E-state index contributed by atoms with van der Waals surface area (Å²) in [6, 6.07) is 12.0. The Morgan fingerprint density at radius 2 is 1.92 bits per heavy atom. The third-order valence-electron chi connectivity index (χ3n) is 3.57. The SMILES string of the molecule is CC(C)(C)c1cc(NC2=C(Br)C=NC(Nc3ccccc3)N2)n[nH]1. The Labute approximate surface area is 150 Å². The molecule has 0 fully saturated rings. The topological polar surface area (TPSA) is 77.1 Å². The van der Waals surface area contributed by atoms with Gasteiger partial charge in [0.1, 0.15) is 5.82 Å². The van der Waals surface area contributed by atoms with Gasteiger partial charge in [0.15, 0.2) is 12.1 Å². The van der Waals surface area contributed by atoms with Crippen molar-refractivity contribution in [1.82, 2.24) is 15.5 Å². The summed E-state index contributed by atoms with van der Waals surface area (Å²) in [7, 11) is 0. The molecule has 0 spiro atoms. The maximum atomic E-state index is 4.42. The molecule has 1 aliphatic heterocycles. The van der Waals surface area contributed by atoms with Crippen molar-refractivity contribution in [3.63, 3.8) is 0 Å². The number of aromatic nitrogens is 2. The van der Waals surface area contributed by atoms with Gasteiger partial charge in [0, 0.05) is 29.1 Å². The second-order valence-corrected chi connectivity index (χ2v) is 7.45. The molecule has 1 aromatic heterocycles. The number of halogens is 1. The van der Waals surface area contributed by atoms with E-state index in [2.05, 4.69) is 67.8 Å². The lowest BCUT2D eigenvalue weighted by molar-refractivity contribution is 0.567. The van der Waals surface area contributed by atoms with Gasteiger partial charge in [-0.3, -0.25) is 5.10 Å². The van der Waals surface area contributed by atoms with E-state index in [4.69, 9.17) is 0 Å². The monoisotopic (exact) mass is 388 g/mol. The molecule has 1 unspecified atom stereocenters. The molecule has 4 N–H and O–H groups in total. The molecule has 3 rings (SSSR count). The Bertz CT molecular complexity index is 757. The van der Waals surface area contributed by atoms with Crippen LogP contribution < -0.4 is 16.0 Å². The second-order valence-electron chi connectivity index (χ2n) is 6.60. The lowest BCUT2D eigenvalue weighted by atomic mass is 9.92. The molecule has 1 aromatic carbocycles. The van der Waals surface area contributed by atoms with Gasteiger partial charge >= 0.3 is 0 Å². The van der Waals surface area contributed by atoms with Crippen LogP contribution in [0, 0.1) is 0 Å². The fourth-order valence-electron chi connectivity index (χ4n) is 2.21. The normalized spacial score (nSPS) is 17.6. The molecule has 0 saturated heterocycles. The zero-order valence-corrected chi connectivity index (χ0v) is 15.5. The van der Waals surface area contributed by atoms with E-state index >= 15 is 0 Å². The minimum Gasteiger partial charge on any atom is -0.347 e. The van der Waals surface area contributed by atoms with Crippen LogP contribution in [0.25, 0.3) is 0 Å². The number of nitrogens with one attached hydrogen (secondary N) is 4. The summed E-state index contributed by atoms with van der Waals surface area (Å²) in [5.41, 5.74) is 2.10. The quantitative estimate of drug-likeness (QED) is 0.643. The van der Waals surface area contributed by atoms with Gasteiger partial charge in [0.25, 0.3) is 0 Å². The second kappa shape index (κ2) is 6.68. The highest BCUT2D eigenvalue weighted by atomic mass is 79.9. The van der Waals surface area contributed by atoms with E-state index in [1.165, 1.54) is 0 Å². The molecule has 1 atom stereocenters. The summed E-state index contributed by atoms with van der Waals surface area (Å²) in [4.78, 5) is 4.42. The third kappa shape index (κ3) is 3.97. The molecule has 0 radical (unpaired) electrons. The van der Waals surface area contributed by atoms with Crippen LogP contribution in [-0.2, 0) is 5.41 Å². The van der Waals surface area contributed by atoms with Gasteiger partial charge in [-0.2, -0.15) is 5.10 Å². The van der Waals surface area contributed by atoms with Crippen LogP contribution >= 0.6 is 15.9 Å². The number of hydrogen-bond donors (Lipinski definition) is 4. The fraction of sp³-hybridized carbons (Fsp3) is 0.294. The van der Waals surface area contributed by atoms with Gasteiger partial charge in [-0.1, -0.05) is 39.0 Å². The van der Waals surface area contributed by atoms with E-state index < -0.39 is 0 Å². The average Bonchev–Trinajstić information content (AvgIpc) is 3.00. The van der Waals surface area contributed by atoms with Gasteiger partial charge in [-0.05, 0) is 28.1 Å². The minimum atomic E-state index is -0.253. The van der Waals surface area contributed by atoms with Crippen molar-refractivity contribution in [2.45, 2.75) is 32.5 Å². The molecule has 7 heteroatoms. The molecule has 24 heavy (non-hydrogen) atoms. The first kappa shape index (κ1) is 16.6. The number of para-hydroxylation sites is 1. The van der Waals surface area contributed by atoms with E-state index in [1.54, 1.807) is 6.21 Å². The van der Waals surface area contributed by atoms with Crippen molar-refractivity contribution >= 4 is 33.6 Å². The summed E-state index contributed by atoms with van der Waals surface area (Å²) in [6.45, 7) is 6.43. The van der Waals surface area contributed by atoms with Crippen LogP contribution in [0.15, 0.2) is 51.7 Å². The molecule has 2 aromatic rings. The Kier molecular flexibility index (Phi) is 4.62. The zero-order chi connectivity index (χ0) is 17.2. The van der Waals surface area contributed by atoms with E-state index in [0.29, 0.717) is 0 Å². The minimum absolute atomic E-state index is 0.0252. The van der Waals surface area contributed by atoms with Crippen molar-refractivity contribution in [3.05, 3.63) is 52.4 Å². The summed E-state index contributed by atoms with van der Waals surface area (Å²) in [6.07, 6.45) is 1.52. The Hall–Kier alpha value is -2.28. The van der Waals surface area contributed by atoms with Crippen molar-refractivity contribution in [2.75, 3.05) is 10.6 Å². The summed E-state index contributed by atoms with van der Waals surface area (Å²) in [5, 5.41) is 17.3. The highest BCUT2D eigenvalue weighted by molar-refractivity contribution is 9.12. The molecule has 2 heterocycles. The van der Waals surface area contributed by atoms with Gasteiger partial charge in [-0.25, -0.2) is 4.99 Å². The van der Waals surface area contributed by atoms with Gasteiger partial charge in [0.05, 0.1) is 4.48 Å². The predicted molar refractivity (Wildman–Crippen MR) is 102 cm³/mol. The number of anilines is 2. The van der Waals surface area contributed by atoms with Crippen LogP contribution in [0.4, 0.5) is 11.5 Å². The van der Waals surface area contributed by atoms with Crippen LogP contribution in [0.3, 0.4) is 0 Å². The first-order chi connectivity index (χ1) is 11.4. The van der Waals surface area contributed by atoms with Crippen molar-refractivity contribution in [3.8, 4) is 0 Å². The molecule has 0 aliphatic carbocycles. The zero-order valence-electron chi connectivity index (χ0n) is 13.9. The largest absolute Gasteiger partial charge is 0.347 e. The molecule has 0 saturated carbocycles. The average molecular weight is 389 g/mol. The van der Waals surface area contributed by atoms with Crippen LogP contribution in [-0.4, -0.2) is 22.7 Å². The summed E-state index contributed by atoms with van der Waals surface area (Å²) >= 11 is 3.51. The third-order valence-corrected chi connectivity index (χ3v) is 4.17. The fourth-order valence-corrected chi connectivity index (χ4v) is 2.54. The lowest BCUT2D eigenvalue weighted by Gasteiger charge is -2.24. The Balaban J connectivity index is 1.69. The smallest absolute Gasteiger partial charge is 0.195 e. The van der Waals surface area contributed by atoms with E-state index in [-0.39, 0.29) is 11.7 Å². The number of allylic oxidation sites excluding steroid dienone is 1. The standard InChI is InChI=1S/C17H21BrN6/c1-17(2,3)13-9-14(24-23-13)21-15-12(18)10-19-16(22-15)20-11-7-5-4-6-8-11/h4-10,16,20,22H,1-3H3,(H2,21,23,24). The first-order valence-electron chi connectivity index (χ1n) is 7.76. The number of H-pyrrole nitrogens is 1. The number of aliphatic imine (C=N–C) groups is 1. The van der Waals surface area contributed by atoms with Gasteiger partial charge < -0.3 is 16.0 Å². The molecule has 126 valence electrons. The molecular weight excluding hydrogens is 368 g/mol. The van der Waals surface area contributed by atoms with E-state index in [9.17, 15) is 0 Å². The lowest BCUT2D eigenvalue weighted by Crippen LogP contribution is -2.39. The van der Waals surface area contributed by atoms with Crippen LogP contribution in [0.2, 0.25) is 0 Å². The van der Waals surface area contributed by atoms with E-state index in [0.717, 1.165) is 27.5 Å². The van der Waals surface area contributed by atoms with Crippen LogP contribution in [0.5, 0.6) is 0 Å². The van der Waals surface area contributed by atoms with Gasteiger partial charge in [-0.15, -0.1) is 0 Å². The van der Waals surface area contributed by atoms with Gasteiger partial charge in [0.2, 0.25) is 0 Å². The number of hydrogen-bond acceptors (Lipinski definition) is 5. The number of aromatic amines is 1. The van der Waals surface area contributed by atoms with Crippen molar-refractivity contribution in [1.29, 1.82) is 0 Å². The number of benzene rings is 1. The predicted octanol–water partition coefficient (Wildman–Crippen LogP) is 3.75. The maximum Gasteiger partial charge on any atom is 0.195 e. The van der Waals surface area contributed by atoms with Crippen molar-refractivity contribution in [2.24, 2.45) is 4.99 Å². The summed E-state index contributed by atoms with van der Waals surface area (Å²) < 4.78 is 0.842. The number of rotatable bonds is 4. The molecule has 0 amide bonds. The maximum absolute atomic E-state index is 4.42. The van der Waals surface area contributed by atoms with Crippen LogP contribution in [0.1, 0.15) is 26.5 Å². The highest BCUT2D eigenvalue weighted by Gasteiger charge is 2.19. The number of nitrogens with zero attached hydrogens (tertiary/aromatic N) is 2. The first-order valence-corrected chi connectivity index (χ1v) is 8.55. The Morgan fingerprint density at radius 3 is 2.58 bits per heavy atom. The molecular formula is C17H21BrN6. The van der Waals surface area contributed by atoms with Crippen molar-refractivity contribution < 1.29 is 0 Å². The van der Waals surface area contributed by atoms with E-state index in [1.807, 2.05) is 36.4 Å². The summed E-state index contributed by atoms with van der Waals surface area (Å²) in [5.74, 6) is 1.57. The highest BCUT2D eigenvalue weighted by Crippen LogP contribution is 2.23. The Morgan fingerprint density at radius 1 is 1.17 bits per heavy atom. The molecule has 1 aliphatic rings. The molecule has 0 bridgehead atoms. The molecule has 6 nitrogen and oxygen atoms in total.